The fourth-order valence-electron chi connectivity index (χ4n) is 3.01. The molecule has 0 bridgehead atoms. The second-order valence-corrected chi connectivity index (χ2v) is 8.08. The van der Waals surface area contributed by atoms with E-state index in [-0.39, 0.29) is 12.7 Å². The van der Waals surface area contributed by atoms with Crippen LogP contribution in [0.2, 0.25) is 0 Å². The molecule has 1 aromatic heterocycles. The largest absolute Gasteiger partial charge is 0.497 e. The predicted molar refractivity (Wildman–Crippen MR) is 119 cm³/mol. The summed E-state index contributed by atoms with van der Waals surface area (Å²) in [5, 5.41) is 0.667. The minimum Gasteiger partial charge on any atom is -0.497 e. The lowest BCUT2D eigenvalue weighted by atomic mass is 10.2. The molecule has 0 fully saturated rings. The number of nitrogens with zero attached hydrogens (tertiary/aromatic N) is 3. The zero-order valence-electron chi connectivity index (χ0n) is 17.1. The van der Waals surface area contributed by atoms with E-state index in [1.165, 1.54) is 11.3 Å². The van der Waals surface area contributed by atoms with Crippen molar-refractivity contribution in [2.45, 2.75) is 0 Å². The van der Waals surface area contributed by atoms with E-state index >= 15 is 0 Å². The van der Waals surface area contributed by atoms with Gasteiger partial charge in [-0.25, -0.2) is 4.98 Å². The van der Waals surface area contributed by atoms with Gasteiger partial charge in [-0.05, 0) is 56.1 Å². The van der Waals surface area contributed by atoms with E-state index in [0.717, 1.165) is 33.8 Å². The van der Waals surface area contributed by atoms with Crippen molar-refractivity contribution in [2.24, 2.45) is 0 Å². The number of anilines is 1. The molecule has 0 aliphatic carbocycles. The van der Waals surface area contributed by atoms with Gasteiger partial charge in [-0.1, -0.05) is 17.4 Å². The van der Waals surface area contributed by atoms with E-state index in [9.17, 15) is 4.79 Å². The Morgan fingerprint density at radius 1 is 1.17 bits per heavy atom. The highest BCUT2D eigenvalue weighted by Gasteiger charge is 2.19. The molecule has 3 aromatic rings. The number of benzene rings is 2. The summed E-state index contributed by atoms with van der Waals surface area (Å²) in [6.45, 7) is 1.49. The summed E-state index contributed by atoms with van der Waals surface area (Å²) in [5.41, 5.74) is 1.72. The van der Waals surface area contributed by atoms with Crippen molar-refractivity contribution < 1.29 is 19.0 Å². The van der Waals surface area contributed by atoms with Crippen molar-refractivity contribution in [3.8, 4) is 17.2 Å². The summed E-state index contributed by atoms with van der Waals surface area (Å²) < 4.78 is 17.0. The quantitative estimate of drug-likeness (QED) is 0.539. The normalized spacial score (nSPS) is 12.8. The summed E-state index contributed by atoms with van der Waals surface area (Å²) in [6, 6.07) is 11.3. The van der Waals surface area contributed by atoms with Crippen molar-refractivity contribution in [3.05, 3.63) is 48.0 Å². The summed E-state index contributed by atoms with van der Waals surface area (Å²) in [5.74, 6) is 2.05. The number of aromatic nitrogens is 1. The number of rotatable bonds is 7. The third-order valence-electron chi connectivity index (χ3n) is 4.67. The lowest BCUT2D eigenvalue weighted by molar-refractivity contribution is -0.114. The van der Waals surface area contributed by atoms with Crippen molar-refractivity contribution in [1.82, 2.24) is 9.88 Å². The van der Waals surface area contributed by atoms with E-state index in [1.807, 2.05) is 55.4 Å². The van der Waals surface area contributed by atoms with Gasteiger partial charge in [0.1, 0.15) is 5.75 Å². The molecule has 0 atom stereocenters. The fourth-order valence-corrected chi connectivity index (χ4v) is 4.04. The molecule has 0 unspecified atom stereocenters. The van der Waals surface area contributed by atoms with Crippen LogP contribution >= 0.6 is 11.3 Å². The number of likely N-dealkylation sites (N-methyl/N-ethyl adjacent to an activating group) is 1. The van der Waals surface area contributed by atoms with Crippen LogP contribution in [-0.2, 0) is 4.79 Å². The van der Waals surface area contributed by atoms with Crippen LogP contribution in [0.5, 0.6) is 17.2 Å². The van der Waals surface area contributed by atoms with Crippen LogP contribution in [0.4, 0.5) is 5.13 Å². The van der Waals surface area contributed by atoms with Crippen molar-refractivity contribution >= 4 is 38.7 Å². The molecule has 156 valence electrons. The van der Waals surface area contributed by atoms with E-state index in [1.54, 1.807) is 24.2 Å². The third kappa shape index (κ3) is 4.39. The SMILES string of the molecule is COc1ccc2nc(N(CCN(C)C)C(=O)/C=C/c3ccc4c(c3)OCO4)sc2c1. The van der Waals surface area contributed by atoms with Crippen LogP contribution in [0.3, 0.4) is 0 Å². The molecule has 0 saturated carbocycles. The summed E-state index contributed by atoms with van der Waals surface area (Å²) in [7, 11) is 5.60. The maximum absolute atomic E-state index is 13.1. The van der Waals surface area contributed by atoms with Crippen LogP contribution in [-0.4, -0.2) is 56.9 Å². The van der Waals surface area contributed by atoms with Gasteiger partial charge < -0.3 is 19.1 Å². The lowest BCUT2D eigenvalue weighted by Gasteiger charge is -2.20. The molecule has 1 amide bonds. The zero-order chi connectivity index (χ0) is 21.1. The second kappa shape index (κ2) is 8.73. The van der Waals surface area contributed by atoms with Crippen LogP contribution in [0.25, 0.3) is 16.3 Å². The van der Waals surface area contributed by atoms with Gasteiger partial charge >= 0.3 is 0 Å². The highest BCUT2D eigenvalue weighted by molar-refractivity contribution is 7.22. The van der Waals surface area contributed by atoms with Gasteiger partial charge in [0.05, 0.1) is 17.3 Å². The molecule has 4 rings (SSSR count). The number of thiazole rings is 1. The molecular weight excluding hydrogens is 402 g/mol. The first kappa shape index (κ1) is 20.2. The monoisotopic (exact) mass is 425 g/mol. The van der Waals surface area contributed by atoms with E-state index in [4.69, 9.17) is 14.2 Å². The van der Waals surface area contributed by atoms with Gasteiger partial charge in [-0.2, -0.15) is 0 Å². The average molecular weight is 426 g/mol. The Morgan fingerprint density at radius 3 is 2.80 bits per heavy atom. The van der Waals surface area contributed by atoms with Gasteiger partial charge in [0, 0.05) is 19.2 Å². The standard InChI is InChI=1S/C22H23N3O4S/c1-24(2)10-11-25(22-23-17-7-6-16(27-3)13-20(17)30-22)21(26)9-5-15-4-8-18-19(12-15)29-14-28-18/h4-9,12-13H,10-11,14H2,1-3H3/b9-5+. The second-order valence-electron chi connectivity index (χ2n) is 7.07. The Kier molecular flexibility index (Phi) is 5.87. The molecule has 7 nitrogen and oxygen atoms in total. The van der Waals surface area contributed by atoms with Gasteiger partial charge in [-0.15, -0.1) is 0 Å². The third-order valence-corrected chi connectivity index (χ3v) is 5.71. The Labute approximate surface area is 179 Å². The van der Waals surface area contributed by atoms with Crippen molar-refractivity contribution in [1.29, 1.82) is 0 Å². The first-order valence-corrected chi connectivity index (χ1v) is 10.3. The van der Waals surface area contributed by atoms with Crippen molar-refractivity contribution in [2.75, 3.05) is 46.0 Å². The van der Waals surface area contributed by atoms with Crippen LogP contribution < -0.4 is 19.1 Å². The van der Waals surface area contributed by atoms with Crippen molar-refractivity contribution in [3.63, 3.8) is 0 Å². The first-order valence-electron chi connectivity index (χ1n) is 9.52. The smallest absolute Gasteiger partial charge is 0.252 e. The van der Waals surface area contributed by atoms with E-state index < -0.39 is 0 Å². The topological polar surface area (TPSA) is 64.1 Å². The molecule has 0 N–H and O–H groups in total. The number of amides is 1. The number of methoxy groups -OCH3 is 1. The molecule has 2 heterocycles. The minimum absolute atomic E-state index is 0.125. The number of ether oxygens (including phenoxy) is 3. The van der Waals surface area contributed by atoms with Gasteiger partial charge in [0.25, 0.3) is 5.91 Å². The van der Waals surface area contributed by atoms with Gasteiger partial charge in [0.15, 0.2) is 16.6 Å². The highest BCUT2D eigenvalue weighted by Crippen LogP contribution is 2.33. The van der Waals surface area contributed by atoms with Crippen LogP contribution in [0, 0.1) is 0 Å². The summed E-state index contributed by atoms with van der Waals surface area (Å²) >= 11 is 1.48. The molecule has 0 radical (unpaired) electrons. The van der Waals surface area contributed by atoms with E-state index in [0.29, 0.717) is 17.4 Å². The van der Waals surface area contributed by atoms with Gasteiger partial charge in [0.2, 0.25) is 6.79 Å². The maximum Gasteiger partial charge on any atom is 0.252 e. The number of hydrogen-bond acceptors (Lipinski definition) is 7. The van der Waals surface area contributed by atoms with Gasteiger partial charge in [-0.3, -0.25) is 9.69 Å². The summed E-state index contributed by atoms with van der Waals surface area (Å²) in [6.07, 6.45) is 3.35. The fraction of sp³-hybridized carbons (Fsp3) is 0.273. The summed E-state index contributed by atoms with van der Waals surface area (Å²) in [4.78, 5) is 21.5. The molecule has 30 heavy (non-hydrogen) atoms. The maximum atomic E-state index is 13.1. The van der Waals surface area contributed by atoms with E-state index in [2.05, 4.69) is 4.98 Å². The number of fused-ring (bicyclic) bond motifs is 2. The molecule has 1 aliphatic rings. The Hall–Kier alpha value is -3.10. The Bertz CT molecular complexity index is 1090. The van der Waals surface area contributed by atoms with Crippen LogP contribution in [0.1, 0.15) is 5.56 Å². The zero-order valence-corrected chi connectivity index (χ0v) is 17.9. The van der Waals surface area contributed by atoms with Crippen LogP contribution in [0.15, 0.2) is 42.5 Å². The minimum atomic E-state index is -0.125. The Balaban J connectivity index is 1.58. The molecule has 0 spiro atoms. The first-order chi connectivity index (χ1) is 14.5. The molecular formula is C22H23N3O4S. The lowest BCUT2D eigenvalue weighted by Crippen LogP contribution is -2.35. The molecule has 2 aromatic carbocycles. The predicted octanol–water partition coefficient (Wildman–Crippen LogP) is 3.64. The average Bonchev–Trinajstić information content (AvgIpc) is 3.37. The highest BCUT2D eigenvalue weighted by atomic mass is 32.1. The molecule has 8 heteroatoms. The number of carbonyl (C=O) groups excluding carboxylic acids is 1. The molecule has 0 saturated heterocycles. The number of carbonyl (C=O) groups is 1. The number of hydrogen-bond donors (Lipinski definition) is 0. The Morgan fingerprint density at radius 2 is 2.00 bits per heavy atom. The molecule has 1 aliphatic heterocycles.